The van der Waals surface area contributed by atoms with Crippen molar-refractivity contribution in [2.24, 2.45) is 5.73 Å². The second-order valence-electron chi connectivity index (χ2n) is 6.04. The fourth-order valence-electron chi connectivity index (χ4n) is 2.76. The molecule has 0 spiro atoms. The highest BCUT2D eigenvalue weighted by atomic mass is 32.2. The van der Waals surface area contributed by atoms with Gasteiger partial charge in [0.25, 0.3) is 0 Å². The van der Waals surface area contributed by atoms with Crippen molar-refractivity contribution in [1.29, 1.82) is 0 Å². The Morgan fingerprint density at radius 1 is 1.18 bits per heavy atom. The Hall–Kier alpha value is -0.660. The van der Waals surface area contributed by atoms with Crippen molar-refractivity contribution >= 4 is 15.9 Å². The Kier molecular flexibility index (Phi) is 8.97. The molecule has 3 N–H and O–H groups in total. The summed E-state index contributed by atoms with van der Waals surface area (Å²) < 4.78 is 26.2. The highest BCUT2D eigenvalue weighted by molar-refractivity contribution is 7.89. The summed E-state index contributed by atoms with van der Waals surface area (Å²) in [6.45, 7) is 3.88. The standard InChI is InChI=1S/C15H31N3O3S/c1-2-13-22(20,21)17-14-8-11-18(12-9-14)15(19)7-5-3-4-6-10-16/h14,17H,2-13,16H2,1H3. The first-order valence-corrected chi connectivity index (χ1v) is 10.1. The normalized spacial score (nSPS) is 16.9. The molecule has 1 aliphatic heterocycles. The summed E-state index contributed by atoms with van der Waals surface area (Å²) in [5.74, 6) is 0.372. The molecule has 22 heavy (non-hydrogen) atoms. The van der Waals surface area contributed by atoms with Gasteiger partial charge in [-0.1, -0.05) is 19.8 Å². The van der Waals surface area contributed by atoms with Crippen molar-refractivity contribution in [1.82, 2.24) is 9.62 Å². The molecule has 0 atom stereocenters. The summed E-state index contributed by atoms with van der Waals surface area (Å²) in [6, 6.07) is -0.0230. The molecular weight excluding hydrogens is 302 g/mol. The van der Waals surface area contributed by atoms with Crippen LogP contribution in [-0.4, -0.2) is 50.7 Å². The van der Waals surface area contributed by atoms with Gasteiger partial charge in [0.15, 0.2) is 0 Å². The van der Waals surface area contributed by atoms with Crippen LogP contribution in [0.25, 0.3) is 0 Å². The zero-order chi connectivity index (χ0) is 16.4. The molecule has 0 saturated carbocycles. The van der Waals surface area contributed by atoms with Crippen molar-refractivity contribution in [3.8, 4) is 0 Å². The van der Waals surface area contributed by atoms with E-state index in [2.05, 4.69) is 4.72 Å². The number of nitrogens with one attached hydrogen (secondary N) is 1. The van der Waals surface area contributed by atoms with Crippen molar-refractivity contribution < 1.29 is 13.2 Å². The second kappa shape index (κ2) is 10.2. The first kappa shape index (κ1) is 19.4. The number of hydrogen-bond donors (Lipinski definition) is 2. The van der Waals surface area contributed by atoms with Crippen LogP contribution < -0.4 is 10.5 Å². The van der Waals surface area contributed by atoms with Crippen LogP contribution in [0.4, 0.5) is 0 Å². The van der Waals surface area contributed by atoms with Gasteiger partial charge in [-0.2, -0.15) is 0 Å². The Morgan fingerprint density at radius 2 is 1.82 bits per heavy atom. The predicted molar refractivity (Wildman–Crippen MR) is 89.0 cm³/mol. The van der Waals surface area contributed by atoms with Gasteiger partial charge in [-0.3, -0.25) is 4.79 Å². The first-order chi connectivity index (χ1) is 10.5. The van der Waals surface area contributed by atoms with E-state index in [1.807, 2.05) is 11.8 Å². The first-order valence-electron chi connectivity index (χ1n) is 8.46. The molecule has 0 bridgehead atoms. The van der Waals surface area contributed by atoms with Crippen molar-refractivity contribution in [3.05, 3.63) is 0 Å². The Labute approximate surface area is 134 Å². The molecule has 1 saturated heterocycles. The molecule has 0 aromatic heterocycles. The van der Waals surface area contributed by atoms with Crippen LogP contribution in [0, 0.1) is 0 Å². The van der Waals surface area contributed by atoms with Gasteiger partial charge in [-0.25, -0.2) is 13.1 Å². The average Bonchev–Trinajstić information content (AvgIpc) is 2.47. The third-order valence-electron chi connectivity index (χ3n) is 4.01. The third kappa shape index (κ3) is 7.56. The van der Waals surface area contributed by atoms with Gasteiger partial charge in [0.05, 0.1) is 5.75 Å². The van der Waals surface area contributed by atoms with Crippen LogP contribution in [0.2, 0.25) is 0 Å². The Morgan fingerprint density at radius 3 is 2.41 bits per heavy atom. The zero-order valence-corrected chi connectivity index (χ0v) is 14.5. The maximum Gasteiger partial charge on any atom is 0.222 e. The largest absolute Gasteiger partial charge is 0.343 e. The number of likely N-dealkylation sites (tertiary alicyclic amines) is 1. The lowest BCUT2D eigenvalue weighted by molar-refractivity contribution is -0.132. The van der Waals surface area contributed by atoms with Gasteiger partial charge in [0.2, 0.25) is 15.9 Å². The fraction of sp³-hybridized carbons (Fsp3) is 0.933. The lowest BCUT2D eigenvalue weighted by Crippen LogP contribution is -2.46. The van der Waals surface area contributed by atoms with Crippen molar-refractivity contribution in [2.45, 2.75) is 64.3 Å². The van der Waals surface area contributed by atoms with Crippen LogP contribution in [0.1, 0.15) is 58.3 Å². The summed E-state index contributed by atoms with van der Waals surface area (Å²) in [6.07, 6.45) is 6.72. The number of nitrogens with zero attached hydrogens (tertiary/aromatic N) is 1. The monoisotopic (exact) mass is 333 g/mol. The predicted octanol–water partition coefficient (Wildman–Crippen LogP) is 1.22. The Balaban J connectivity index is 2.22. The number of rotatable bonds is 10. The topological polar surface area (TPSA) is 92.5 Å². The summed E-state index contributed by atoms with van der Waals surface area (Å²) in [7, 11) is -3.16. The molecule has 7 heteroatoms. The minimum absolute atomic E-state index is 0.0230. The number of unbranched alkanes of at least 4 members (excludes halogenated alkanes) is 3. The second-order valence-corrected chi connectivity index (χ2v) is 7.92. The van der Waals surface area contributed by atoms with E-state index in [4.69, 9.17) is 5.73 Å². The molecule has 1 heterocycles. The van der Waals surface area contributed by atoms with E-state index < -0.39 is 10.0 Å². The minimum Gasteiger partial charge on any atom is -0.343 e. The molecule has 0 aliphatic carbocycles. The van der Waals surface area contributed by atoms with Gasteiger partial charge in [0, 0.05) is 25.6 Å². The van der Waals surface area contributed by atoms with Crippen LogP contribution in [0.15, 0.2) is 0 Å². The molecule has 6 nitrogen and oxygen atoms in total. The molecule has 1 aliphatic rings. The van der Waals surface area contributed by atoms with Crippen LogP contribution in [-0.2, 0) is 14.8 Å². The van der Waals surface area contributed by atoms with E-state index in [0.29, 0.717) is 38.8 Å². The van der Waals surface area contributed by atoms with Crippen LogP contribution in [0.5, 0.6) is 0 Å². The summed E-state index contributed by atoms with van der Waals surface area (Å²) in [5, 5.41) is 0. The number of amides is 1. The van der Waals surface area contributed by atoms with E-state index in [-0.39, 0.29) is 17.7 Å². The van der Waals surface area contributed by atoms with Gasteiger partial charge in [-0.05, 0) is 38.6 Å². The number of sulfonamides is 1. The maximum absolute atomic E-state index is 12.1. The maximum atomic E-state index is 12.1. The molecule has 0 unspecified atom stereocenters. The van der Waals surface area contributed by atoms with E-state index in [1.165, 1.54) is 0 Å². The summed E-state index contributed by atoms with van der Waals surface area (Å²) >= 11 is 0. The number of nitrogens with two attached hydrogens (primary N) is 1. The quantitative estimate of drug-likeness (QED) is 0.588. The lowest BCUT2D eigenvalue weighted by Gasteiger charge is -2.32. The van der Waals surface area contributed by atoms with Gasteiger partial charge in [0.1, 0.15) is 0 Å². The summed E-state index contributed by atoms with van der Waals surface area (Å²) in [4.78, 5) is 14.0. The van der Waals surface area contributed by atoms with Gasteiger partial charge in [-0.15, -0.1) is 0 Å². The SMILES string of the molecule is CCCS(=O)(=O)NC1CCN(C(=O)CCCCCCN)CC1. The Bertz CT molecular complexity index is 418. The number of carbonyl (C=O) groups excluding carboxylic acids is 1. The zero-order valence-electron chi connectivity index (χ0n) is 13.7. The minimum atomic E-state index is -3.16. The highest BCUT2D eigenvalue weighted by Crippen LogP contribution is 2.14. The van der Waals surface area contributed by atoms with Gasteiger partial charge >= 0.3 is 0 Å². The third-order valence-corrected chi connectivity index (χ3v) is 5.65. The van der Waals surface area contributed by atoms with Crippen LogP contribution in [0.3, 0.4) is 0 Å². The van der Waals surface area contributed by atoms with Gasteiger partial charge < -0.3 is 10.6 Å². The number of hydrogen-bond acceptors (Lipinski definition) is 4. The molecule has 1 amide bonds. The molecule has 0 aromatic rings. The molecular formula is C15H31N3O3S. The van der Waals surface area contributed by atoms with Crippen molar-refractivity contribution in [2.75, 3.05) is 25.4 Å². The highest BCUT2D eigenvalue weighted by Gasteiger charge is 2.25. The number of piperidine rings is 1. The number of carbonyl (C=O) groups is 1. The van der Waals surface area contributed by atoms with E-state index in [0.717, 1.165) is 32.2 Å². The molecule has 130 valence electrons. The lowest BCUT2D eigenvalue weighted by atomic mass is 10.1. The average molecular weight is 333 g/mol. The molecule has 0 aromatic carbocycles. The smallest absolute Gasteiger partial charge is 0.222 e. The van der Waals surface area contributed by atoms with Crippen molar-refractivity contribution in [3.63, 3.8) is 0 Å². The van der Waals surface area contributed by atoms with E-state index in [9.17, 15) is 13.2 Å². The molecule has 1 fully saturated rings. The molecule has 0 radical (unpaired) electrons. The summed E-state index contributed by atoms with van der Waals surface area (Å²) in [5.41, 5.74) is 5.44. The molecule has 1 rings (SSSR count). The van der Waals surface area contributed by atoms with E-state index >= 15 is 0 Å². The van der Waals surface area contributed by atoms with E-state index in [1.54, 1.807) is 0 Å². The van der Waals surface area contributed by atoms with Crippen LogP contribution >= 0.6 is 0 Å². The fourth-order valence-corrected chi connectivity index (χ4v) is 4.16.